The molecule has 134 valence electrons. The van der Waals surface area contributed by atoms with Crippen LogP contribution in [0.15, 0.2) is 54.6 Å². The minimum Gasteiger partial charge on any atom is -0.497 e. The van der Waals surface area contributed by atoms with Crippen molar-refractivity contribution in [3.63, 3.8) is 0 Å². The van der Waals surface area contributed by atoms with E-state index in [1.54, 1.807) is 7.11 Å². The average Bonchev–Trinajstić information content (AvgIpc) is 3.12. The number of nitrogens with one attached hydrogen (secondary N) is 1. The minimum atomic E-state index is -0.0738. The fourth-order valence-electron chi connectivity index (χ4n) is 2.56. The summed E-state index contributed by atoms with van der Waals surface area (Å²) in [7, 11) is 1.62. The first kappa shape index (κ1) is 17.7. The Morgan fingerprint density at radius 1 is 1.12 bits per heavy atom. The van der Waals surface area contributed by atoms with Gasteiger partial charge in [-0.2, -0.15) is 9.67 Å². The number of carbonyl (C=O) groups is 1. The lowest BCUT2D eigenvalue weighted by Gasteiger charge is -2.06. The van der Waals surface area contributed by atoms with Gasteiger partial charge in [-0.3, -0.25) is 4.79 Å². The van der Waals surface area contributed by atoms with Crippen LogP contribution in [0.2, 0.25) is 0 Å². The van der Waals surface area contributed by atoms with Gasteiger partial charge in [-0.25, -0.2) is 0 Å². The zero-order valence-corrected chi connectivity index (χ0v) is 15.0. The average molecular weight is 350 g/mol. The van der Waals surface area contributed by atoms with Crippen molar-refractivity contribution in [3.05, 3.63) is 60.2 Å². The third kappa shape index (κ3) is 4.08. The van der Waals surface area contributed by atoms with Gasteiger partial charge in [0.2, 0.25) is 11.9 Å². The Morgan fingerprint density at radius 3 is 2.50 bits per heavy atom. The summed E-state index contributed by atoms with van der Waals surface area (Å²) in [6.07, 6.45) is 1.18. The van der Waals surface area contributed by atoms with E-state index in [0.717, 1.165) is 23.3 Å². The first-order valence-corrected chi connectivity index (χ1v) is 8.63. The molecule has 0 radical (unpaired) electrons. The fraction of sp³-hybridized carbons (Fsp3) is 0.250. The summed E-state index contributed by atoms with van der Waals surface area (Å²) in [6, 6.07) is 17.4. The summed E-state index contributed by atoms with van der Waals surface area (Å²) >= 11 is 0. The third-order valence-electron chi connectivity index (χ3n) is 3.95. The Bertz CT molecular complexity index is 857. The van der Waals surface area contributed by atoms with Gasteiger partial charge in [0.25, 0.3) is 0 Å². The Labute approximate surface area is 152 Å². The van der Waals surface area contributed by atoms with E-state index >= 15 is 0 Å². The topological polar surface area (TPSA) is 69.0 Å². The van der Waals surface area contributed by atoms with E-state index in [0.29, 0.717) is 24.7 Å². The summed E-state index contributed by atoms with van der Waals surface area (Å²) in [5, 5.41) is 7.64. The number of hydrogen-bond acceptors (Lipinski definition) is 5. The van der Waals surface area contributed by atoms with Crippen molar-refractivity contribution in [2.75, 3.05) is 12.4 Å². The predicted octanol–water partition coefficient (Wildman–Crippen LogP) is 4.01. The molecule has 0 unspecified atom stereocenters. The number of benzene rings is 2. The van der Waals surface area contributed by atoms with Gasteiger partial charge in [-0.05, 0) is 36.2 Å². The van der Waals surface area contributed by atoms with Gasteiger partial charge in [-0.1, -0.05) is 37.3 Å². The second-order valence-electron chi connectivity index (χ2n) is 5.88. The van der Waals surface area contributed by atoms with Crippen LogP contribution in [-0.2, 0) is 6.54 Å². The van der Waals surface area contributed by atoms with E-state index in [-0.39, 0.29) is 5.91 Å². The van der Waals surface area contributed by atoms with Crippen LogP contribution < -0.4 is 10.1 Å². The molecule has 0 saturated heterocycles. The molecule has 0 fully saturated rings. The number of nitrogens with zero attached hydrogens (tertiary/aromatic N) is 3. The molecule has 26 heavy (non-hydrogen) atoms. The van der Waals surface area contributed by atoms with Crippen LogP contribution in [0.4, 0.5) is 5.95 Å². The van der Waals surface area contributed by atoms with Crippen molar-refractivity contribution in [3.8, 4) is 17.1 Å². The van der Waals surface area contributed by atoms with Crippen LogP contribution in [0.5, 0.6) is 5.75 Å². The lowest BCUT2D eigenvalue weighted by molar-refractivity contribution is 0.0888. The van der Waals surface area contributed by atoms with Crippen molar-refractivity contribution in [2.24, 2.45) is 0 Å². The highest BCUT2D eigenvalue weighted by Crippen LogP contribution is 2.21. The highest BCUT2D eigenvalue weighted by Gasteiger charge is 2.16. The summed E-state index contributed by atoms with van der Waals surface area (Å²) < 4.78 is 6.55. The summed E-state index contributed by atoms with van der Waals surface area (Å²) in [5.74, 6) is 1.65. The monoisotopic (exact) mass is 350 g/mol. The summed E-state index contributed by atoms with van der Waals surface area (Å²) in [6.45, 7) is 2.54. The number of methoxy groups -OCH3 is 1. The highest BCUT2D eigenvalue weighted by molar-refractivity contribution is 5.81. The van der Waals surface area contributed by atoms with Crippen LogP contribution >= 0.6 is 0 Å². The zero-order valence-electron chi connectivity index (χ0n) is 15.0. The van der Waals surface area contributed by atoms with Gasteiger partial charge >= 0.3 is 0 Å². The minimum absolute atomic E-state index is 0.0738. The molecule has 3 rings (SSSR count). The van der Waals surface area contributed by atoms with Gasteiger partial charge < -0.3 is 10.1 Å². The van der Waals surface area contributed by atoms with Gasteiger partial charge in [0.1, 0.15) is 5.75 Å². The molecule has 1 N–H and O–H groups in total. The number of carbonyl (C=O) groups excluding carboxylic acids is 1. The maximum Gasteiger partial charge on any atom is 0.250 e. The van der Waals surface area contributed by atoms with E-state index in [4.69, 9.17) is 4.74 Å². The molecule has 0 aliphatic heterocycles. The van der Waals surface area contributed by atoms with Crippen molar-refractivity contribution >= 4 is 11.9 Å². The second kappa shape index (κ2) is 8.29. The molecule has 6 heteroatoms. The van der Waals surface area contributed by atoms with E-state index in [1.807, 2.05) is 61.5 Å². The highest BCUT2D eigenvalue weighted by atomic mass is 16.5. The number of aromatic nitrogens is 3. The zero-order chi connectivity index (χ0) is 18.4. The fourth-order valence-corrected chi connectivity index (χ4v) is 2.56. The molecule has 3 aromatic rings. The first-order chi connectivity index (χ1) is 12.7. The van der Waals surface area contributed by atoms with Gasteiger partial charge in [0.05, 0.1) is 7.11 Å². The predicted molar refractivity (Wildman–Crippen MR) is 101 cm³/mol. The molecule has 2 aromatic carbocycles. The van der Waals surface area contributed by atoms with Gasteiger partial charge in [0, 0.05) is 18.5 Å². The van der Waals surface area contributed by atoms with E-state index < -0.39 is 0 Å². The van der Waals surface area contributed by atoms with Crippen molar-refractivity contribution < 1.29 is 9.53 Å². The van der Waals surface area contributed by atoms with Crippen molar-refractivity contribution in [1.82, 2.24) is 14.8 Å². The van der Waals surface area contributed by atoms with Crippen LogP contribution in [0, 0.1) is 0 Å². The molecule has 0 spiro atoms. The Kier molecular flexibility index (Phi) is 5.63. The summed E-state index contributed by atoms with van der Waals surface area (Å²) in [4.78, 5) is 17.0. The molecule has 0 bridgehead atoms. The molecule has 1 heterocycles. The Morgan fingerprint density at radius 2 is 1.85 bits per heavy atom. The van der Waals surface area contributed by atoms with Crippen molar-refractivity contribution in [2.45, 2.75) is 26.3 Å². The Balaban J connectivity index is 1.87. The van der Waals surface area contributed by atoms with E-state index in [1.165, 1.54) is 4.68 Å². The third-order valence-corrected chi connectivity index (χ3v) is 3.95. The number of anilines is 1. The molecular formula is C20H22N4O2. The standard InChI is InChI=1S/C20H22N4O2/c1-3-7-18(25)24-20(21-14-15-8-5-4-6-9-15)22-19(23-24)16-10-12-17(26-2)13-11-16/h4-6,8-13H,3,7,14H2,1-2H3,(H,21,22,23). The molecule has 0 saturated carbocycles. The number of rotatable bonds is 7. The molecular weight excluding hydrogens is 328 g/mol. The molecule has 0 atom stereocenters. The van der Waals surface area contributed by atoms with Crippen molar-refractivity contribution in [1.29, 1.82) is 0 Å². The van der Waals surface area contributed by atoms with Gasteiger partial charge in [0.15, 0.2) is 5.82 Å². The smallest absolute Gasteiger partial charge is 0.250 e. The molecule has 6 nitrogen and oxygen atoms in total. The lowest BCUT2D eigenvalue weighted by atomic mass is 10.2. The van der Waals surface area contributed by atoms with Crippen LogP contribution in [0.25, 0.3) is 11.4 Å². The Hall–Kier alpha value is -3.15. The second-order valence-corrected chi connectivity index (χ2v) is 5.88. The van der Waals surface area contributed by atoms with Crippen LogP contribution in [0.3, 0.4) is 0 Å². The van der Waals surface area contributed by atoms with Crippen LogP contribution in [0.1, 0.15) is 30.1 Å². The number of ether oxygens (including phenoxy) is 1. The van der Waals surface area contributed by atoms with E-state index in [9.17, 15) is 4.79 Å². The molecule has 0 aliphatic carbocycles. The quantitative estimate of drug-likeness (QED) is 0.697. The largest absolute Gasteiger partial charge is 0.497 e. The summed E-state index contributed by atoms with van der Waals surface area (Å²) in [5.41, 5.74) is 1.94. The SMILES string of the molecule is CCCC(=O)n1nc(-c2ccc(OC)cc2)nc1NCc1ccccc1. The van der Waals surface area contributed by atoms with Gasteiger partial charge in [-0.15, -0.1) is 5.10 Å². The van der Waals surface area contributed by atoms with Crippen LogP contribution in [-0.4, -0.2) is 27.8 Å². The maximum absolute atomic E-state index is 12.4. The molecule has 0 aliphatic rings. The molecule has 1 aromatic heterocycles. The first-order valence-electron chi connectivity index (χ1n) is 8.63. The normalized spacial score (nSPS) is 10.5. The maximum atomic E-state index is 12.4. The lowest BCUT2D eigenvalue weighted by Crippen LogP contribution is -2.16. The molecule has 0 amide bonds. The number of hydrogen-bond donors (Lipinski definition) is 1. The van der Waals surface area contributed by atoms with E-state index in [2.05, 4.69) is 15.4 Å².